The molecule has 0 saturated heterocycles. The summed E-state index contributed by atoms with van der Waals surface area (Å²) in [5.41, 5.74) is 0.772. The summed E-state index contributed by atoms with van der Waals surface area (Å²) >= 11 is 11.9. The number of amides is 2. The minimum Gasteiger partial charge on any atom is -0.481 e. The van der Waals surface area contributed by atoms with Gasteiger partial charge < -0.3 is 15.3 Å². The third kappa shape index (κ3) is 5.81. The Labute approximate surface area is 133 Å². The molecule has 2 amide bonds. The zero-order chi connectivity index (χ0) is 16.0. The largest absolute Gasteiger partial charge is 0.481 e. The van der Waals surface area contributed by atoms with Crippen LogP contribution in [0.5, 0.6) is 0 Å². The van der Waals surface area contributed by atoms with E-state index in [4.69, 9.17) is 28.3 Å². The van der Waals surface area contributed by atoms with Gasteiger partial charge in [0.25, 0.3) is 0 Å². The number of carboxylic acids is 1. The Balaban J connectivity index is 2.55. The van der Waals surface area contributed by atoms with Crippen molar-refractivity contribution >= 4 is 35.2 Å². The summed E-state index contributed by atoms with van der Waals surface area (Å²) in [6.07, 6.45) is 0.450. The van der Waals surface area contributed by atoms with Crippen LogP contribution in [-0.2, 0) is 4.79 Å². The molecule has 0 saturated carbocycles. The van der Waals surface area contributed by atoms with Crippen LogP contribution in [0.15, 0.2) is 18.2 Å². The van der Waals surface area contributed by atoms with Crippen molar-refractivity contribution in [1.82, 2.24) is 10.2 Å². The monoisotopic (exact) mass is 332 g/mol. The van der Waals surface area contributed by atoms with Crippen molar-refractivity contribution in [1.29, 1.82) is 0 Å². The van der Waals surface area contributed by atoms with E-state index in [0.717, 1.165) is 5.56 Å². The molecule has 1 atom stereocenters. The number of halogens is 2. The van der Waals surface area contributed by atoms with Gasteiger partial charge in [0.05, 0.1) is 6.04 Å². The topological polar surface area (TPSA) is 69.6 Å². The molecule has 5 nitrogen and oxygen atoms in total. The third-order valence-electron chi connectivity index (χ3n) is 3.00. The van der Waals surface area contributed by atoms with Crippen molar-refractivity contribution in [2.24, 2.45) is 0 Å². The predicted octanol–water partition coefficient (Wildman–Crippen LogP) is 3.56. The molecule has 0 aromatic heterocycles. The molecule has 0 aliphatic rings. The molecule has 0 aliphatic heterocycles. The molecule has 1 rings (SSSR count). The lowest BCUT2D eigenvalue weighted by molar-refractivity contribution is -0.137. The summed E-state index contributed by atoms with van der Waals surface area (Å²) in [6, 6.07) is 4.54. The van der Waals surface area contributed by atoms with E-state index < -0.39 is 5.97 Å². The molecular weight excluding hydrogens is 315 g/mol. The van der Waals surface area contributed by atoms with Crippen molar-refractivity contribution in [3.8, 4) is 0 Å². The summed E-state index contributed by atoms with van der Waals surface area (Å²) in [4.78, 5) is 23.9. The first-order valence-corrected chi connectivity index (χ1v) is 7.25. The van der Waals surface area contributed by atoms with Gasteiger partial charge in [-0.2, -0.15) is 0 Å². The number of nitrogens with zero attached hydrogens (tertiary/aromatic N) is 1. The van der Waals surface area contributed by atoms with E-state index in [0.29, 0.717) is 23.0 Å². The van der Waals surface area contributed by atoms with Crippen LogP contribution in [0.2, 0.25) is 10.0 Å². The summed E-state index contributed by atoms with van der Waals surface area (Å²) in [5, 5.41) is 12.4. The number of nitrogens with one attached hydrogen (secondary N) is 1. The molecule has 0 aliphatic carbocycles. The Morgan fingerprint density at radius 1 is 1.38 bits per heavy atom. The lowest BCUT2D eigenvalue weighted by atomic mass is 10.1. The molecule has 0 radical (unpaired) electrons. The van der Waals surface area contributed by atoms with Gasteiger partial charge >= 0.3 is 12.0 Å². The van der Waals surface area contributed by atoms with Crippen LogP contribution in [0.1, 0.15) is 31.4 Å². The lowest BCUT2D eigenvalue weighted by Crippen LogP contribution is -2.39. The number of urea groups is 1. The molecule has 2 N–H and O–H groups in total. The molecule has 7 heteroatoms. The van der Waals surface area contributed by atoms with Crippen LogP contribution in [0.4, 0.5) is 4.79 Å². The van der Waals surface area contributed by atoms with Crippen molar-refractivity contribution in [3.63, 3.8) is 0 Å². The highest BCUT2D eigenvalue weighted by molar-refractivity contribution is 6.35. The van der Waals surface area contributed by atoms with E-state index in [9.17, 15) is 9.59 Å². The van der Waals surface area contributed by atoms with Crippen molar-refractivity contribution in [3.05, 3.63) is 33.8 Å². The SMILES string of the molecule is CC(NC(=O)N(C)CCCC(=O)O)c1ccc(Cl)cc1Cl. The standard InChI is InChI=1S/C14H18Cl2N2O3/c1-9(11-6-5-10(15)8-12(11)16)17-14(21)18(2)7-3-4-13(19)20/h5-6,8-9H,3-4,7H2,1-2H3,(H,17,21)(H,19,20). The van der Waals surface area contributed by atoms with Gasteiger partial charge in [-0.25, -0.2) is 4.79 Å². The average Bonchev–Trinajstić information content (AvgIpc) is 2.37. The molecule has 1 unspecified atom stereocenters. The van der Waals surface area contributed by atoms with Crippen LogP contribution in [0.25, 0.3) is 0 Å². The van der Waals surface area contributed by atoms with Gasteiger partial charge in [-0.1, -0.05) is 29.3 Å². The fourth-order valence-corrected chi connectivity index (χ4v) is 2.37. The first-order chi connectivity index (χ1) is 9.81. The maximum absolute atomic E-state index is 12.0. The number of carbonyl (C=O) groups excluding carboxylic acids is 1. The summed E-state index contributed by atoms with van der Waals surface area (Å²) in [6.45, 7) is 2.19. The number of carbonyl (C=O) groups is 2. The Kier molecular flexibility index (Phi) is 6.78. The number of rotatable bonds is 6. The number of hydrogen-bond donors (Lipinski definition) is 2. The maximum Gasteiger partial charge on any atom is 0.317 e. The number of hydrogen-bond acceptors (Lipinski definition) is 2. The lowest BCUT2D eigenvalue weighted by Gasteiger charge is -2.22. The van der Waals surface area contributed by atoms with Crippen LogP contribution in [0, 0.1) is 0 Å². The summed E-state index contributed by atoms with van der Waals surface area (Å²) < 4.78 is 0. The van der Waals surface area contributed by atoms with E-state index in [1.165, 1.54) is 4.90 Å². The van der Waals surface area contributed by atoms with E-state index in [1.807, 2.05) is 6.92 Å². The van der Waals surface area contributed by atoms with E-state index >= 15 is 0 Å². The van der Waals surface area contributed by atoms with Crippen LogP contribution < -0.4 is 5.32 Å². The van der Waals surface area contributed by atoms with Gasteiger partial charge in [0.2, 0.25) is 0 Å². The van der Waals surface area contributed by atoms with E-state index in [1.54, 1.807) is 25.2 Å². The van der Waals surface area contributed by atoms with Crippen LogP contribution in [0.3, 0.4) is 0 Å². The van der Waals surface area contributed by atoms with Gasteiger partial charge in [0.1, 0.15) is 0 Å². The minimum absolute atomic E-state index is 0.0379. The molecule has 0 heterocycles. The Morgan fingerprint density at radius 2 is 2.05 bits per heavy atom. The van der Waals surface area contributed by atoms with Gasteiger partial charge in [-0.3, -0.25) is 4.79 Å². The fraction of sp³-hybridized carbons (Fsp3) is 0.429. The van der Waals surface area contributed by atoms with Gasteiger partial charge in [-0.05, 0) is 31.0 Å². The van der Waals surface area contributed by atoms with Gasteiger partial charge in [0, 0.05) is 30.1 Å². The normalized spacial score (nSPS) is 11.8. The molecule has 116 valence electrons. The Hall–Kier alpha value is -1.46. The second-order valence-corrected chi connectivity index (χ2v) is 5.60. The molecule has 1 aromatic rings. The highest BCUT2D eigenvalue weighted by Crippen LogP contribution is 2.26. The van der Waals surface area contributed by atoms with Crippen LogP contribution in [-0.4, -0.2) is 35.6 Å². The maximum atomic E-state index is 12.0. The number of benzene rings is 1. The highest BCUT2D eigenvalue weighted by atomic mass is 35.5. The van der Waals surface area contributed by atoms with Gasteiger partial charge in [0.15, 0.2) is 0 Å². The molecular formula is C14H18Cl2N2O3. The van der Waals surface area contributed by atoms with Crippen molar-refractivity contribution in [2.45, 2.75) is 25.8 Å². The third-order valence-corrected chi connectivity index (χ3v) is 3.56. The molecule has 0 fully saturated rings. The Bertz CT molecular complexity index is 523. The fourth-order valence-electron chi connectivity index (χ4n) is 1.79. The first-order valence-electron chi connectivity index (χ1n) is 6.49. The zero-order valence-corrected chi connectivity index (χ0v) is 13.4. The van der Waals surface area contributed by atoms with E-state index in [2.05, 4.69) is 5.32 Å². The van der Waals surface area contributed by atoms with Gasteiger partial charge in [-0.15, -0.1) is 0 Å². The molecule has 1 aromatic carbocycles. The smallest absolute Gasteiger partial charge is 0.317 e. The van der Waals surface area contributed by atoms with Crippen LogP contribution >= 0.6 is 23.2 Å². The predicted molar refractivity (Wildman–Crippen MR) is 82.9 cm³/mol. The number of aliphatic carboxylic acids is 1. The minimum atomic E-state index is -0.870. The Morgan fingerprint density at radius 3 is 2.62 bits per heavy atom. The molecule has 0 spiro atoms. The molecule has 0 bridgehead atoms. The second-order valence-electron chi connectivity index (χ2n) is 4.76. The average molecular weight is 333 g/mol. The summed E-state index contributed by atoms with van der Waals surface area (Å²) in [5.74, 6) is -0.870. The molecule has 21 heavy (non-hydrogen) atoms. The summed E-state index contributed by atoms with van der Waals surface area (Å²) in [7, 11) is 1.62. The highest BCUT2D eigenvalue weighted by Gasteiger charge is 2.15. The number of carboxylic acid groups (broad SMARTS) is 1. The first kappa shape index (κ1) is 17.6. The zero-order valence-electron chi connectivity index (χ0n) is 11.9. The van der Waals surface area contributed by atoms with Crippen molar-refractivity contribution < 1.29 is 14.7 Å². The van der Waals surface area contributed by atoms with Crippen molar-refractivity contribution in [2.75, 3.05) is 13.6 Å². The second kappa shape index (κ2) is 8.10. The van der Waals surface area contributed by atoms with E-state index in [-0.39, 0.29) is 18.5 Å². The quantitative estimate of drug-likeness (QED) is 0.836.